The van der Waals surface area contributed by atoms with Crippen LogP contribution < -0.4 is 20.5 Å². The van der Waals surface area contributed by atoms with Crippen molar-refractivity contribution >= 4 is 17.3 Å². The topological polar surface area (TPSA) is 93.8 Å². The van der Waals surface area contributed by atoms with Crippen LogP contribution in [-0.2, 0) is 4.79 Å². The summed E-state index contributed by atoms with van der Waals surface area (Å²) in [5.41, 5.74) is 4.41. The molecule has 4 N–H and O–H groups in total. The first-order valence-corrected chi connectivity index (χ1v) is 7.79. The third-order valence-corrected chi connectivity index (χ3v) is 3.70. The van der Waals surface area contributed by atoms with Crippen molar-refractivity contribution in [2.45, 2.75) is 18.0 Å². The Hall–Kier alpha value is -3.38. The smallest absolute Gasteiger partial charge is 0.460 e. The van der Waals surface area contributed by atoms with Crippen LogP contribution in [0.1, 0.15) is 0 Å². The molecule has 0 saturated carbocycles. The van der Waals surface area contributed by atoms with Crippen molar-refractivity contribution in [3.8, 4) is 23.0 Å². The minimum Gasteiger partial charge on any atom is -0.506 e. The molecule has 0 saturated heterocycles. The van der Waals surface area contributed by atoms with Gasteiger partial charge in [-0.3, -0.25) is 4.79 Å². The highest BCUT2D eigenvalue weighted by atomic mass is 19.4. The number of methoxy groups -OCH3 is 1. The monoisotopic (exact) mass is 442 g/mol. The number of rotatable bonds is 6. The van der Waals surface area contributed by atoms with Crippen molar-refractivity contribution in [3.63, 3.8) is 0 Å². The normalized spacial score (nSPS) is 12.4. The molecular formula is C17H13F7N2O4. The summed E-state index contributed by atoms with van der Waals surface area (Å²) < 4.78 is 99.9. The van der Waals surface area contributed by atoms with Gasteiger partial charge in [0.25, 0.3) is 0 Å². The van der Waals surface area contributed by atoms with E-state index in [0.29, 0.717) is 17.9 Å². The molecule has 0 heterocycles. The lowest BCUT2D eigenvalue weighted by Gasteiger charge is -2.27. The van der Waals surface area contributed by atoms with Crippen LogP contribution in [0.15, 0.2) is 36.4 Å². The van der Waals surface area contributed by atoms with Crippen LogP contribution in [0.5, 0.6) is 23.0 Å². The number of nitrogens with one attached hydrogen (secondary N) is 1. The predicted molar refractivity (Wildman–Crippen MR) is 90.2 cm³/mol. The fraction of sp³-hybridized carbons (Fsp3) is 0.235. The summed E-state index contributed by atoms with van der Waals surface area (Å²) in [6.07, 6.45) is -6.69. The molecule has 0 bridgehead atoms. The molecule has 2 rings (SSSR count). The molecule has 30 heavy (non-hydrogen) atoms. The molecule has 6 nitrogen and oxygen atoms in total. The number of aromatic hydroxyl groups is 1. The Balaban J connectivity index is 2.31. The number of halogens is 7. The van der Waals surface area contributed by atoms with E-state index in [4.69, 9.17) is 15.2 Å². The quantitative estimate of drug-likeness (QED) is 0.347. The Bertz CT molecular complexity index is 931. The number of hydrogen-bond acceptors (Lipinski definition) is 5. The summed E-state index contributed by atoms with van der Waals surface area (Å²) in [5, 5.41) is 10.8. The molecule has 13 heteroatoms. The number of nitrogen functional groups attached to an aromatic ring is 1. The number of phenolic OH excluding ortho intramolecular Hbond substituents is 1. The largest absolute Gasteiger partial charge is 0.506 e. The second-order valence-electron chi connectivity index (χ2n) is 5.79. The van der Waals surface area contributed by atoms with Gasteiger partial charge in [-0.25, -0.2) is 0 Å². The molecule has 0 unspecified atom stereocenters. The number of ether oxygens (including phenoxy) is 2. The van der Waals surface area contributed by atoms with Crippen LogP contribution in [0, 0.1) is 0 Å². The van der Waals surface area contributed by atoms with Gasteiger partial charge in [-0.15, -0.1) is 0 Å². The number of amides is 1. The zero-order valence-electron chi connectivity index (χ0n) is 14.9. The Morgan fingerprint density at radius 2 is 1.53 bits per heavy atom. The van der Waals surface area contributed by atoms with E-state index in [0.717, 1.165) is 5.32 Å². The van der Waals surface area contributed by atoms with Gasteiger partial charge in [-0.1, -0.05) is 0 Å². The van der Waals surface area contributed by atoms with Crippen LogP contribution in [0.2, 0.25) is 0 Å². The highest BCUT2D eigenvalue weighted by molar-refractivity contribution is 5.98. The molecule has 0 aromatic heterocycles. The summed E-state index contributed by atoms with van der Waals surface area (Å²) in [6.45, 7) is 0. The standard InChI is InChI=1S/C17H13F7N2O4/c1-29-8-2-4-9(5-3-8)30-13-7-11(12(27)6-10(13)25)26-14(28)15(18,19)16(20,21)17(22,23)24/h2-7,27H,25H2,1H3,(H,26,28). The summed E-state index contributed by atoms with van der Waals surface area (Å²) in [4.78, 5) is 11.5. The second kappa shape index (κ2) is 7.80. The molecule has 0 radical (unpaired) electrons. The highest BCUT2D eigenvalue weighted by Gasteiger charge is 2.76. The van der Waals surface area contributed by atoms with Gasteiger partial charge >= 0.3 is 23.9 Å². The first kappa shape index (κ1) is 22.9. The number of carbonyl (C=O) groups excluding carboxylic acids is 1. The minimum absolute atomic E-state index is 0.138. The van der Waals surface area contributed by atoms with Crippen LogP contribution in [0.25, 0.3) is 0 Å². The molecular weight excluding hydrogens is 429 g/mol. The van der Waals surface area contributed by atoms with E-state index in [2.05, 4.69) is 0 Å². The first-order valence-electron chi connectivity index (χ1n) is 7.79. The van der Waals surface area contributed by atoms with Gasteiger partial charge in [0.1, 0.15) is 17.2 Å². The molecule has 0 fully saturated rings. The van der Waals surface area contributed by atoms with Crippen molar-refractivity contribution in [3.05, 3.63) is 36.4 Å². The molecule has 0 aliphatic rings. The van der Waals surface area contributed by atoms with Crippen molar-refractivity contribution < 1.29 is 50.1 Å². The predicted octanol–water partition coefficient (Wildman–Crippen LogP) is 4.55. The van der Waals surface area contributed by atoms with Crippen LogP contribution in [0.3, 0.4) is 0 Å². The number of hydrogen-bond donors (Lipinski definition) is 3. The fourth-order valence-corrected chi connectivity index (χ4v) is 2.07. The van der Waals surface area contributed by atoms with E-state index in [9.17, 15) is 40.6 Å². The van der Waals surface area contributed by atoms with Crippen LogP contribution in [0.4, 0.5) is 42.1 Å². The van der Waals surface area contributed by atoms with Crippen LogP contribution in [-0.4, -0.2) is 36.1 Å². The summed E-state index contributed by atoms with van der Waals surface area (Å²) in [5.74, 6) is -16.5. The molecule has 2 aromatic rings. The molecule has 0 aliphatic heterocycles. The molecule has 2 aromatic carbocycles. The van der Waals surface area contributed by atoms with Crippen molar-refractivity contribution in [1.82, 2.24) is 0 Å². The van der Waals surface area contributed by atoms with E-state index in [1.807, 2.05) is 0 Å². The lowest BCUT2D eigenvalue weighted by Crippen LogP contribution is -2.57. The van der Waals surface area contributed by atoms with E-state index in [1.54, 1.807) is 0 Å². The zero-order valence-corrected chi connectivity index (χ0v) is 14.9. The number of alkyl halides is 7. The Labute approximate surface area is 164 Å². The summed E-state index contributed by atoms with van der Waals surface area (Å²) in [7, 11) is 1.40. The van der Waals surface area contributed by atoms with E-state index in [1.165, 1.54) is 31.4 Å². The maximum Gasteiger partial charge on any atom is 0.460 e. The van der Waals surface area contributed by atoms with E-state index >= 15 is 0 Å². The van der Waals surface area contributed by atoms with Gasteiger partial charge in [0, 0.05) is 12.1 Å². The fourth-order valence-electron chi connectivity index (χ4n) is 2.07. The molecule has 0 atom stereocenters. The highest BCUT2D eigenvalue weighted by Crippen LogP contribution is 2.47. The molecule has 0 aliphatic carbocycles. The Morgan fingerprint density at radius 3 is 2.03 bits per heavy atom. The van der Waals surface area contributed by atoms with Gasteiger partial charge < -0.3 is 25.6 Å². The average Bonchev–Trinajstić information content (AvgIpc) is 2.65. The number of nitrogens with two attached hydrogens (primary N) is 1. The lowest BCUT2D eigenvalue weighted by atomic mass is 10.1. The number of phenols is 1. The first-order chi connectivity index (χ1) is 13.7. The van der Waals surface area contributed by atoms with Gasteiger partial charge in [-0.2, -0.15) is 30.7 Å². The van der Waals surface area contributed by atoms with Crippen LogP contribution >= 0.6 is 0 Å². The lowest BCUT2D eigenvalue weighted by molar-refractivity contribution is -0.343. The number of carbonyl (C=O) groups is 1. The minimum atomic E-state index is -6.69. The Kier molecular flexibility index (Phi) is 5.96. The number of benzene rings is 2. The second-order valence-corrected chi connectivity index (χ2v) is 5.79. The average molecular weight is 442 g/mol. The molecule has 0 spiro atoms. The third kappa shape index (κ3) is 4.28. The van der Waals surface area contributed by atoms with E-state index in [-0.39, 0.29) is 17.2 Å². The van der Waals surface area contributed by atoms with E-state index < -0.39 is 35.4 Å². The van der Waals surface area contributed by atoms with Gasteiger partial charge in [-0.05, 0) is 24.3 Å². The van der Waals surface area contributed by atoms with Crippen molar-refractivity contribution in [2.75, 3.05) is 18.2 Å². The number of anilines is 2. The molecule has 164 valence electrons. The SMILES string of the molecule is COc1ccc(Oc2cc(NC(=O)C(F)(F)C(F)(F)C(F)(F)F)c(O)cc2N)cc1. The Morgan fingerprint density at radius 1 is 1.00 bits per heavy atom. The van der Waals surface area contributed by atoms with Gasteiger partial charge in [0.15, 0.2) is 5.75 Å². The van der Waals surface area contributed by atoms with Crippen molar-refractivity contribution in [1.29, 1.82) is 0 Å². The maximum absolute atomic E-state index is 13.5. The summed E-state index contributed by atoms with van der Waals surface area (Å²) >= 11 is 0. The zero-order chi connectivity index (χ0) is 22.9. The van der Waals surface area contributed by atoms with Crippen molar-refractivity contribution in [2.24, 2.45) is 0 Å². The maximum atomic E-state index is 13.5. The molecule has 1 amide bonds. The van der Waals surface area contributed by atoms with Gasteiger partial charge in [0.2, 0.25) is 0 Å². The third-order valence-electron chi connectivity index (χ3n) is 3.70. The summed E-state index contributed by atoms with van der Waals surface area (Å²) in [6, 6.07) is 7.16. The van der Waals surface area contributed by atoms with Gasteiger partial charge in [0.05, 0.1) is 18.5 Å².